The van der Waals surface area contributed by atoms with Gasteiger partial charge in [0.25, 0.3) is 0 Å². The van der Waals surface area contributed by atoms with Crippen molar-refractivity contribution in [1.82, 2.24) is 4.98 Å². The van der Waals surface area contributed by atoms with E-state index in [0.29, 0.717) is 15.7 Å². The third-order valence-corrected chi connectivity index (χ3v) is 2.82. The van der Waals surface area contributed by atoms with Gasteiger partial charge in [-0.1, -0.05) is 18.2 Å². The predicted molar refractivity (Wildman–Crippen MR) is 87.4 cm³/mol. The number of hydrogen-bond acceptors (Lipinski definition) is 7. The van der Waals surface area contributed by atoms with Crippen LogP contribution in [0.2, 0.25) is 0 Å². The minimum absolute atomic E-state index is 0.0483. The Morgan fingerprint density at radius 2 is 1.50 bits per heavy atom. The molecule has 124 valence electrons. The van der Waals surface area contributed by atoms with Gasteiger partial charge in [-0.05, 0) is 24.3 Å². The zero-order valence-electron chi connectivity index (χ0n) is 12.4. The van der Waals surface area contributed by atoms with Crippen molar-refractivity contribution in [2.24, 2.45) is 33.4 Å². The number of primary amides is 2. The van der Waals surface area contributed by atoms with Gasteiger partial charge in [-0.2, -0.15) is 5.11 Å². The summed E-state index contributed by atoms with van der Waals surface area (Å²) in [5.41, 5.74) is 10.9. The number of carbonyl (C=O) groups excluding carboxylic acids is 2. The van der Waals surface area contributed by atoms with E-state index in [1.54, 1.807) is 24.3 Å². The van der Waals surface area contributed by atoms with Gasteiger partial charge in [-0.25, -0.2) is 36.3 Å². The molecule has 11 heteroatoms. The van der Waals surface area contributed by atoms with Crippen molar-refractivity contribution in [1.29, 1.82) is 0 Å². The number of hydrogen-bond donors (Lipinski definition) is 4. The Hall–Kier alpha value is -3.57. The van der Waals surface area contributed by atoms with E-state index >= 15 is 0 Å². The minimum Gasteiger partial charge on any atom is -0.350 e. The Morgan fingerprint density at radius 1 is 0.875 bits per heavy atom. The van der Waals surface area contributed by atoms with Crippen LogP contribution in [0.5, 0.6) is 0 Å². The van der Waals surface area contributed by atoms with E-state index < -0.39 is 12.1 Å². The molecule has 8 N–H and O–H groups in total. The van der Waals surface area contributed by atoms with Gasteiger partial charge < -0.3 is 11.5 Å². The summed E-state index contributed by atoms with van der Waals surface area (Å²) < 4.78 is 0. The molecule has 1 aromatic carbocycles. The topological polar surface area (TPSA) is 182 Å². The van der Waals surface area contributed by atoms with Crippen LogP contribution in [0.4, 0.5) is 32.6 Å². The lowest BCUT2D eigenvalue weighted by Crippen LogP contribution is -2.44. The van der Waals surface area contributed by atoms with Crippen LogP contribution in [0.25, 0.3) is 0 Å². The summed E-state index contributed by atoms with van der Waals surface area (Å²) in [6.07, 6.45) is 0. The summed E-state index contributed by atoms with van der Waals surface area (Å²) in [7, 11) is 0. The van der Waals surface area contributed by atoms with Crippen LogP contribution in [0, 0.1) is 0 Å². The summed E-state index contributed by atoms with van der Waals surface area (Å²) in [5, 5.41) is 9.12. The number of anilines is 2. The Balaban J connectivity index is 2.44. The van der Waals surface area contributed by atoms with E-state index in [4.69, 9.17) is 23.2 Å². The highest BCUT2D eigenvalue weighted by Gasteiger charge is 2.18. The molecule has 0 saturated carbocycles. The maximum Gasteiger partial charge on any atom is 0.335 e. The average molecular weight is 329 g/mol. The first-order valence-electron chi connectivity index (χ1n) is 6.56. The molecule has 1 aromatic heterocycles. The van der Waals surface area contributed by atoms with Crippen molar-refractivity contribution in [3.8, 4) is 0 Å². The number of amides is 4. The number of rotatable bonds is 4. The van der Waals surface area contributed by atoms with Crippen molar-refractivity contribution in [2.75, 3.05) is 10.0 Å². The van der Waals surface area contributed by atoms with Crippen molar-refractivity contribution >= 4 is 35.1 Å². The first kappa shape index (κ1) is 16.8. The molecule has 1 heterocycles. The summed E-state index contributed by atoms with van der Waals surface area (Å²) in [6, 6.07) is 9.70. The van der Waals surface area contributed by atoms with E-state index in [2.05, 4.69) is 15.2 Å². The van der Waals surface area contributed by atoms with E-state index in [0.717, 1.165) is 0 Å². The second-order valence-corrected chi connectivity index (χ2v) is 4.46. The lowest BCUT2D eigenvalue weighted by atomic mass is 10.3. The van der Waals surface area contributed by atoms with E-state index in [1.807, 2.05) is 6.07 Å². The van der Waals surface area contributed by atoms with Gasteiger partial charge in [-0.3, -0.25) is 0 Å². The van der Waals surface area contributed by atoms with E-state index in [9.17, 15) is 9.59 Å². The first-order chi connectivity index (χ1) is 11.4. The molecule has 0 radical (unpaired) electrons. The van der Waals surface area contributed by atoms with Gasteiger partial charge in [0.05, 0.1) is 5.69 Å². The zero-order valence-corrected chi connectivity index (χ0v) is 12.4. The third kappa shape index (κ3) is 3.79. The standard InChI is InChI=1S/C13H15N9O2/c14-12(23)21(16)10-7-6-9(11(18-10)22(17)13(15)24)20-19-8-4-2-1-3-5-8/h1-7H,16-17H2,(H2,14,23)(H2,15,24). The van der Waals surface area contributed by atoms with Crippen LogP contribution in [0.15, 0.2) is 52.7 Å². The van der Waals surface area contributed by atoms with Crippen LogP contribution >= 0.6 is 0 Å². The van der Waals surface area contributed by atoms with E-state index in [-0.39, 0.29) is 17.3 Å². The number of azo groups is 1. The number of benzene rings is 1. The largest absolute Gasteiger partial charge is 0.350 e. The Kier molecular flexibility index (Phi) is 4.99. The van der Waals surface area contributed by atoms with Crippen molar-refractivity contribution in [3.63, 3.8) is 0 Å². The van der Waals surface area contributed by atoms with Crippen molar-refractivity contribution in [2.45, 2.75) is 0 Å². The van der Waals surface area contributed by atoms with Gasteiger partial charge >= 0.3 is 12.1 Å². The summed E-state index contributed by atoms with van der Waals surface area (Å²) in [4.78, 5) is 26.4. The van der Waals surface area contributed by atoms with Gasteiger partial charge in [0, 0.05) is 0 Å². The smallest absolute Gasteiger partial charge is 0.335 e. The highest BCUT2D eigenvalue weighted by atomic mass is 16.2. The minimum atomic E-state index is -0.988. The molecule has 0 saturated heterocycles. The first-order valence-corrected chi connectivity index (χ1v) is 6.56. The highest BCUT2D eigenvalue weighted by molar-refractivity contribution is 5.93. The van der Waals surface area contributed by atoms with Crippen molar-refractivity contribution in [3.05, 3.63) is 42.5 Å². The average Bonchev–Trinajstić information content (AvgIpc) is 2.59. The molecule has 0 bridgehead atoms. The number of hydrazine groups is 2. The number of aromatic nitrogens is 1. The number of carbonyl (C=O) groups is 2. The second kappa shape index (κ2) is 7.13. The number of pyridine rings is 1. The molecule has 4 amide bonds. The molecule has 0 unspecified atom stereocenters. The number of nitrogens with two attached hydrogens (primary N) is 4. The van der Waals surface area contributed by atoms with Crippen LogP contribution in [-0.4, -0.2) is 17.0 Å². The predicted octanol–water partition coefficient (Wildman–Crippen LogP) is 1.01. The fourth-order valence-corrected chi connectivity index (χ4v) is 1.64. The molecule has 2 aromatic rings. The summed E-state index contributed by atoms with van der Waals surface area (Å²) in [6.45, 7) is 0. The van der Waals surface area contributed by atoms with Gasteiger partial charge in [0.2, 0.25) is 0 Å². The molecule has 11 nitrogen and oxygen atoms in total. The lowest BCUT2D eigenvalue weighted by Gasteiger charge is -2.18. The Bertz CT molecular complexity index is 778. The van der Waals surface area contributed by atoms with Crippen LogP contribution in [-0.2, 0) is 0 Å². The third-order valence-electron chi connectivity index (χ3n) is 2.82. The summed E-state index contributed by atoms with van der Waals surface area (Å²) >= 11 is 0. The van der Waals surface area contributed by atoms with Crippen LogP contribution < -0.4 is 33.2 Å². The van der Waals surface area contributed by atoms with Crippen LogP contribution in [0.3, 0.4) is 0 Å². The molecule has 0 atom stereocenters. The lowest BCUT2D eigenvalue weighted by molar-refractivity contribution is 0.253. The zero-order chi connectivity index (χ0) is 17.7. The molecule has 24 heavy (non-hydrogen) atoms. The van der Waals surface area contributed by atoms with Gasteiger partial charge in [0.15, 0.2) is 11.6 Å². The normalized spacial score (nSPS) is 10.6. The fraction of sp³-hybridized carbons (Fsp3) is 0. The maximum absolute atomic E-state index is 11.3. The van der Waals surface area contributed by atoms with Crippen LogP contribution in [0.1, 0.15) is 0 Å². The molecule has 0 spiro atoms. The van der Waals surface area contributed by atoms with E-state index in [1.165, 1.54) is 12.1 Å². The Labute approximate surface area is 136 Å². The monoisotopic (exact) mass is 329 g/mol. The Morgan fingerprint density at radius 3 is 2.08 bits per heavy atom. The fourth-order valence-electron chi connectivity index (χ4n) is 1.64. The van der Waals surface area contributed by atoms with Gasteiger partial charge in [0.1, 0.15) is 5.69 Å². The molecule has 0 aliphatic rings. The molecule has 2 rings (SSSR count). The SMILES string of the molecule is NC(=O)N(N)c1ccc(N=Nc2ccccc2)c(N(N)C(N)=O)n1. The molecular formula is C13H15N9O2. The molecule has 0 aliphatic heterocycles. The molecular weight excluding hydrogens is 314 g/mol. The molecule has 0 aliphatic carbocycles. The molecule has 0 fully saturated rings. The second-order valence-electron chi connectivity index (χ2n) is 4.46. The highest BCUT2D eigenvalue weighted by Crippen LogP contribution is 2.29. The number of urea groups is 2. The van der Waals surface area contributed by atoms with Gasteiger partial charge in [-0.15, -0.1) is 5.11 Å². The summed E-state index contributed by atoms with van der Waals surface area (Å²) in [5.74, 6) is 10.8. The maximum atomic E-state index is 11.3. The quantitative estimate of drug-likeness (QED) is 0.282. The van der Waals surface area contributed by atoms with Crippen molar-refractivity contribution < 1.29 is 9.59 Å². The number of nitrogens with zero attached hydrogens (tertiary/aromatic N) is 5.